The molecule has 0 aliphatic carbocycles. The van der Waals surface area contributed by atoms with E-state index in [1.807, 2.05) is 0 Å². The Bertz CT molecular complexity index is 147. The van der Waals surface area contributed by atoms with Crippen molar-refractivity contribution in [2.24, 2.45) is 0 Å². The second kappa shape index (κ2) is 11.8. The van der Waals surface area contributed by atoms with Gasteiger partial charge in [-0.05, 0) is 6.42 Å². The molecule has 0 aromatic carbocycles. The number of rotatable bonds is 3. The Labute approximate surface area is 90.4 Å². The molecule has 0 spiro atoms. The monoisotopic (exact) mass is 212 g/mol. The van der Waals surface area contributed by atoms with Gasteiger partial charge in [-0.1, -0.05) is 19.8 Å². The summed E-state index contributed by atoms with van der Waals surface area (Å²) in [5, 5.41) is 0. The van der Waals surface area contributed by atoms with E-state index < -0.39 is 10.4 Å². The van der Waals surface area contributed by atoms with Crippen molar-refractivity contribution in [3.63, 3.8) is 0 Å². The van der Waals surface area contributed by atoms with Crippen molar-refractivity contribution in [3.8, 4) is 0 Å². The molecule has 12 heavy (non-hydrogen) atoms. The third-order valence-corrected chi connectivity index (χ3v) is 1.00. The van der Waals surface area contributed by atoms with Crippen LogP contribution in [0, 0.1) is 0 Å². The van der Waals surface area contributed by atoms with E-state index in [4.69, 9.17) is 29.1 Å². The van der Waals surface area contributed by atoms with Crippen LogP contribution in [0.25, 0.3) is 0 Å². The van der Waals surface area contributed by atoms with E-state index in [2.05, 4.69) is 6.92 Å². The molecular weight excluding hydrogens is 199 g/mol. The van der Waals surface area contributed by atoms with E-state index in [9.17, 15) is 0 Å². The first-order valence-corrected chi connectivity index (χ1v) is 5.10. The molecule has 0 aliphatic rings. The van der Waals surface area contributed by atoms with E-state index in [1.165, 1.54) is 19.3 Å². The average Bonchev–Trinajstić information content (AvgIpc) is 1.79. The third kappa shape index (κ3) is 72.5. The Balaban J connectivity index is -0.000000126. The first-order chi connectivity index (χ1) is 4.91. The SMILES string of the molecule is CCCCCCl.O=S(=O)(O)O.[LiH]. The first-order valence-electron chi connectivity index (χ1n) is 3.17. The van der Waals surface area contributed by atoms with Crippen LogP contribution in [0.5, 0.6) is 0 Å². The quantitative estimate of drug-likeness (QED) is 0.318. The normalized spacial score (nSPS) is 9.33. The summed E-state index contributed by atoms with van der Waals surface area (Å²) in [7, 11) is -4.67. The van der Waals surface area contributed by atoms with Gasteiger partial charge in [0.25, 0.3) is 0 Å². The van der Waals surface area contributed by atoms with Crippen molar-refractivity contribution in [1.82, 2.24) is 0 Å². The molecule has 0 atom stereocenters. The zero-order valence-electron chi connectivity index (χ0n) is 6.33. The van der Waals surface area contributed by atoms with Crippen LogP contribution in [0.2, 0.25) is 0 Å². The van der Waals surface area contributed by atoms with Crippen LogP contribution in [0.4, 0.5) is 0 Å². The van der Waals surface area contributed by atoms with Gasteiger partial charge in [0.05, 0.1) is 0 Å². The molecule has 0 saturated heterocycles. The predicted octanol–water partition coefficient (Wildman–Crippen LogP) is 1.11. The van der Waals surface area contributed by atoms with Crippen LogP contribution in [0.15, 0.2) is 0 Å². The van der Waals surface area contributed by atoms with Crippen LogP contribution in [0.1, 0.15) is 26.2 Å². The Morgan fingerprint density at radius 2 is 1.58 bits per heavy atom. The van der Waals surface area contributed by atoms with Crippen molar-refractivity contribution in [3.05, 3.63) is 0 Å². The second-order valence-electron chi connectivity index (χ2n) is 1.84. The molecule has 0 aliphatic heterocycles. The Kier molecular flexibility index (Phi) is 18.1. The van der Waals surface area contributed by atoms with Gasteiger partial charge < -0.3 is 0 Å². The molecule has 0 unspecified atom stereocenters. The van der Waals surface area contributed by atoms with E-state index in [0.717, 1.165) is 5.88 Å². The fourth-order valence-electron chi connectivity index (χ4n) is 0.344. The fourth-order valence-corrected chi connectivity index (χ4v) is 0.533. The fraction of sp³-hybridized carbons (Fsp3) is 1.00. The van der Waals surface area contributed by atoms with E-state index in [1.54, 1.807) is 0 Å². The molecule has 0 fully saturated rings. The van der Waals surface area contributed by atoms with Crippen LogP contribution in [-0.4, -0.2) is 42.3 Å². The van der Waals surface area contributed by atoms with E-state index in [-0.39, 0.29) is 18.9 Å². The Morgan fingerprint density at radius 1 is 1.25 bits per heavy atom. The topological polar surface area (TPSA) is 74.6 Å². The van der Waals surface area contributed by atoms with Gasteiger partial charge in [0.1, 0.15) is 0 Å². The molecule has 7 heteroatoms. The maximum atomic E-state index is 8.74. The molecule has 0 radical (unpaired) electrons. The molecule has 2 N–H and O–H groups in total. The van der Waals surface area contributed by atoms with Gasteiger partial charge in [0, 0.05) is 5.88 Å². The van der Waals surface area contributed by atoms with Gasteiger partial charge in [0.15, 0.2) is 0 Å². The second-order valence-corrected chi connectivity index (χ2v) is 3.12. The van der Waals surface area contributed by atoms with Gasteiger partial charge in [0.2, 0.25) is 0 Å². The molecular formula is C5H14ClLiO4S. The molecule has 0 saturated carbocycles. The van der Waals surface area contributed by atoms with Gasteiger partial charge in [-0.2, -0.15) is 8.42 Å². The molecule has 0 bridgehead atoms. The van der Waals surface area contributed by atoms with Crippen molar-refractivity contribution >= 4 is 40.9 Å². The average molecular weight is 213 g/mol. The van der Waals surface area contributed by atoms with Crippen LogP contribution < -0.4 is 0 Å². The predicted molar refractivity (Wildman–Crippen MR) is 51.6 cm³/mol. The van der Waals surface area contributed by atoms with Gasteiger partial charge in [-0.25, -0.2) is 0 Å². The van der Waals surface area contributed by atoms with Crippen LogP contribution in [0.3, 0.4) is 0 Å². The zero-order valence-corrected chi connectivity index (χ0v) is 7.90. The van der Waals surface area contributed by atoms with Crippen molar-refractivity contribution in [1.29, 1.82) is 0 Å². The summed E-state index contributed by atoms with van der Waals surface area (Å²) in [5.74, 6) is 0.827. The molecule has 72 valence electrons. The minimum absolute atomic E-state index is 0. The first kappa shape index (κ1) is 18.5. The summed E-state index contributed by atoms with van der Waals surface area (Å²) < 4.78 is 31.6. The van der Waals surface area contributed by atoms with E-state index >= 15 is 0 Å². The number of unbranched alkanes of at least 4 members (excludes halogenated alkanes) is 2. The van der Waals surface area contributed by atoms with Gasteiger partial charge >= 0.3 is 29.3 Å². The standard InChI is InChI=1S/C5H11Cl.Li.H2O4S.H/c1-2-3-4-5-6;;1-5(2,3)4;/h2-5H2,1H3;;(H2,1,2,3,4);. The summed E-state index contributed by atoms with van der Waals surface area (Å²) in [6.45, 7) is 2.17. The third-order valence-electron chi connectivity index (χ3n) is 0.737. The summed E-state index contributed by atoms with van der Waals surface area (Å²) in [6, 6.07) is 0. The van der Waals surface area contributed by atoms with Gasteiger partial charge in [-0.15, -0.1) is 11.6 Å². The molecule has 4 nitrogen and oxygen atoms in total. The summed E-state index contributed by atoms with van der Waals surface area (Å²) in [6.07, 6.45) is 3.73. The Morgan fingerprint density at radius 3 is 1.67 bits per heavy atom. The number of hydrogen-bond acceptors (Lipinski definition) is 2. The summed E-state index contributed by atoms with van der Waals surface area (Å²) in [5.41, 5.74) is 0. The molecule has 0 amide bonds. The molecule has 0 heterocycles. The number of hydrogen-bond donors (Lipinski definition) is 2. The number of halogens is 1. The van der Waals surface area contributed by atoms with Crippen molar-refractivity contribution < 1.29 is 17.5 Å². The van der Waals surface area contributed by atoms with Crippen LogP contribution >= 0.6 is 11.6 Å². The molecule has 0 aromatic rings. The van der Waals surface area contributed by atoms with Gasteiger partial charge in [-0.3, -0.25) is 9.11 Å². The summed E-state index contributed by atoms with van der Waals surface area (Å²) >= 11 is 5.38. The summed E-state index contributed by atoms with van der Waals surface area (Å²) in [4.78, 5) is 0. The molecule has 0 rings (SSSR count). The van der Waals surface area contributed by atoms with E-state index in [0.29, 0.717) is 0 Å². The van der Waals surface area contributed by atoms with Crippen molar-refractivity contribution in [2.75, 3.05) is 5.88 Å². The zero-order chi connectivity index (χ0) is 9.33. The van der Waals surface area contributed by atoms with Crippen molar-refractivity contribution in [2.45, 2.75) is 26.2 Å². The minimum atomic E-state index is -4.67. The Hall–Kier alpha value is 0.757. The number of alkyl halides is 1. The van der Waals surface area contributed by atoms with Crippen LogP contribution in [-0.2, 0) is 10.4 Å². The maximum absolute atomic E-state index is 8.74. The molecule has 0 aromatic heterocycles.